The van der Waals surface area contributed by atoms with Crippen molar-refractivity contribution >= 4 is 21.8 Å². The highest BCUT2D eigenvalue weighted by Crippen LogP contribution is 2.25. The van der Waals surface area contributed by atoms with Crippen LogP contribution in [-0.2, 0) is 21.4 Å². The number of anilines is 1. The maximum absolute atomic E-state index is 13.3. The molecule has 2 aromatic rings. The quantitative estimate of drug-likeness (QED) is 0.592. The van der Waals surface area contributed by atoms with Crippen LogP contribution in [0.3, 0.4) is 0 Å². The van der Waals surface area contributed by atoms with Crippen molar-refractivity contribution in [2.24, 2.45) is 5.92 Å². The Balaban J connectivity index is 1.55. The summed E-state index contributed by atoms with van der Waals surface area (Å²) in [5, 5.41) is 2.98. The average Bonchev–Trinajstić information content (AvgIpc) is 2.81. The number of hydrogen-bond acceptors (Lipinski definition) is 4. The van der Waals surface area contributed by atoms with Crippen molar-refractivity contribution in [2.45, 2.75) is 33.1 Å². The molecule has 2 aromatic carbocycles. The van der Waals surface area contributed by atoms with Crippen molar-refractivity contribution < 1.29 is 17.9 Å². The minimum Gasteiger partial charge on any atom is -0.494 e. The van der Waals surface area contributed by atoms with Crippen molar-refractivity contribution in [2.75, 3.05) is 37.1 Å². The van der Waals surface area contributed by atoms with E-state index in [0.29, 0.717) is 51.2 Å². The standard InChI is InChI=1S/C24H33N3O4S/c1-3-27(22-10-6-5-7-11-22)32(29,30)26-18-8-9-21(19-26)24(28)25-17-16-20-12-14-23(15-13-20)31-4-2/h5-7,10-15,21H,3-4,8-9,16-19H2,1-2H3,(H,25,28)/t21-/m0/s1. The zero-order valence-electron chi connectivity index (χ0n) is 18.9. The SMILES string of the molecule is CCOc1ccc(CCNC(=O)[C@H]2CCCN(S(=O)(=O)N(CC)c3ccccc3)C2)cc1. The number of carbonyl (C=O) groups is 1. The van der Waals surface area contributed by atoms with Crippen LogP contribution < -0.4 is 14.4 Å². The van der Waals surface area contributed by atoms with Crippen LogP contribution in [0.5, 0.6) is 5.75 Å². The lowest BCUT2D eigenvalue weighted by molar-refractivity contribution is -0.126. The molecule has 1 fully saturated rings. The van der Waals surface area contributed by atoms with Crippen molar-refractivity contribution in [3.63, 3.8) is 0 Å². The van der Waals surface area contributed by atoms with Crippen LogP contribution in [0, 0.1) is 5.92 Å². The minimum absolute atomic E-state index is 0.0846. The molecule has 0 spiro atoms. The predicted octanol–water partition coefficient (Wildman–Crippen LogP) is 3.23. The van der Waals surface area contributed by atoms with Crippen molar-refractivity contribution in [3.05, 3.63) is 60.2 Å². The summed E-state index contributed by atoms with van der Waals surface area (Å²) in [6.45, 7) is 5.89. The van der Waals surface area contributed by atoms with Gasteiger partial charge < -0.3 is 10.1 Å². The van der Waals surface area contributed by atoms with Crippen LogP contribution in [0.4, 0.5) is 5.69 Å². The van der Waals surface area contributed by atoms with Gasteiger partial charge in [-0.25, -0.2) is 0 Å². The molecule has 1 aliphatic heterocycles. The first-order valence-corrected chi connectivity index (χ1v) is 12.7. The Kier molecular flexibility index (Phi) is 8.53. The molecule has 174 valence electrons. The van der Waals surface area contributed by atoms with E-state index in [9.17, 15) is 13.2 Å². The Labute approximate surface area is 191 Å². The van der Waals surface area contributed by atoms with Gasteiger partial charge in [-0.3, -0.25) is 9.10 Å². The Morgan fingerprint density at radius 2 is 1.84 bits per heavy atom. The molecule has 1 heterocycles. The van der Waals surface area contributed by atoms with Crippen LogP contribution in [0.15, 0.2) is 54.6 Å². The van der Waals surface area contributed by atoms with E-state index in [1.165, 1.54) is 8.61 Å². The summed E-state index contributed by atoms with van der Waals surface area (Å²) in [5.74, 6) is 0.410. The number of carbonyl (C=O) groups excluding carboxylic acids is 1. The van der Waals surface area contributed by atoms with Crippen LogP contribution in [0.1, 0.15) is 32.3 Å². The van der Waals surface area contributed by atoms with E-state index in [1.54, 1.807) is 12.1 Å². The van der Waals surface area contributed by atoms with Gasteiger partial charge >= 0.3 is 10.2 Å². The third kappa shape index (κ3) is 6.01. The summed E-state index contributed by atoms with van der Waals surface area (Å²) in [7, 11) is -3.69. The van der Waals surface area contributed by atoms with Gasteiger partial charge in [0.05, 0.1) is 18.2 Å². The number of nitrogens with one attached hydrogen (secondary N) is 1. The molecule has 7 nitrogen and oxygen atoms in total. The number of amides is 1. The summed E-state index contributed by atoms with van der Waals surface area (Å²) in [6.07, 6.45) is 2.07. The molecule has 0 unspecified atom stereocenters. The molecule has 1 saturated heterocycles. The Morgan fingerprint density at radius 3 is 2.50 bits per heavy atom. The molecule has 32 heavy (non-hydrogen) atoms. The lowest BCUT2D eigenvalue weighted by Gasteiger charge is -2.35. The van der Waals surface area contributed by atoms with Crippen molar-refractivity contribution in [1.29, 1.82) is 0 Å². The average molecular weight is 460 g/mol. The molecule has 0 aromatic heterocycles. The van der Waals surface area contributed by atoms with Gasteiger partial charge in [-0.1, -0.05) is 30.3 Å². The van der Waals surface area contributed by atoms with E-state index in [1.807, 2.05) is 56.3 Å². The fourth-order valence-electron chi connectivity index (χ4n) is 3.97. The van der Waals surface area contributed by atoms with E-state index in [2.05, 4.69) is 5.32 Å². The molecule has 0 bridgehead atoms. The van der Waals surface area contributed by atoms with E-state index < -0.39 is 10.2 Å². The Morgan fingerprint density at radius 1 is 1.12 bits per heavy atom. The van der Waals surface area contributed by atoms with Gasteiger partial charge in [-0.2, -0.15) is 12.7 Å². The van der Waals surface area contributed by atoms with E-state index in [4.69, 9.17) is 4.74 Å². The van der Waals surface area contributed by atoms with E-state index in [-0.39, 0.29) is 18.4 Å². The lowest BCUT2D eigenvalue weighted by atomic mass is 9.99. The molecule has 0 aliphatic carbocycles. The number of ether oxygens (including phenoxy) is 1. The van der Waals surface area contributed by atoms with E-state index >= 15 is 0 Å². The number of nitrogens with zero attached hydrogens (tertiary/aromatic N) is 2. The maximum atomic E-state index is 13.3. The zero-order chi connectivity index (χ0) is 23.0. The first-order chi connectivity index (χ1) is 15.5. The molecular formula is C24H33N3O4S. The lowest BCUT2D eigenvalue weighted by Crippen LogP contribution is -2.50. The van der Waals surface area contributed by atoms with Gasteiger partial charge in [0, 0.05) is 26.2 Å². The first kappa shape index (κ1) is 24.1. The molecule has 8 heteroatoms. The molecule has 3 rings (SSSR count). The highest BCUT2D eigenvalue weighted by molar-refractivity contribution is 7.90. The number of rotatable bonds is 10. The number of piperidine rings is 1. The number of para-hydroxylation sites is 1. The topological polar surface area (TPSA) is 79.0 Å². The number of benzene rings is 2. The molecule has 0 saturated carbocycles. The second-order valence-electron chi connectivity index (χ2n) is 7.82. The molecule has 1 atom stereocenters. The highest BCUT2D eigenvalue weighted by atomic mass is 32.2. The Hall–Kier alpha value is -2.58. The summed E-state index contributed by atoms with van der Waals surface area (Å²) < 4.78 is 34.8. The monoisotopic (exact) mass is 459 g/mol. The first-order valence-electron chi connectivity index (χ1n) is 11.3. The smallest absolute Gasteiger partial charge is 0.304 e. The highest BCUT2D eigenvalue weighted by Gasteiger charge is 2.35. The van der Waals surface area contributed by atoms with Crippen molar-refractivity contribution in [3.8, 4) is 5.75 Å². The minimum atomic E-state index is -3.69. The van der Waals surface area contributed by atoms with Gasteiger partial charge in [0.15, 0.2) is 0 Å². The molecule has 1 aliphatic rings. The zero-order valence-corrected chi connectivity index (χ0v) is 19.7. The summed E-state index contributed by atoms with van der Waals surface area (Å²) in [4.78, 5) is 12.7. The fraction of sp³-hybridized carbons (Fsp3) is 0.458. The summed E-state index contributed by atoms with van der Waals surface area (Å²) in [6, 6.07) is 16.9. The second kappa shape index (κ2) is 11.3. The molecule has 1 amide bonds. The van der Waals surface area contributed by atoms with Gasteiger partial charge in [0.25, 0.3) is 0 Å². The summed E-state index contributed by atoms with van der Waals surface area (Å²) in [5.41, 5.74) is 1.75. The fourth-order valence-corrected chi connectivity index (χ4v) is 5.69. The predicted molar refractivity (Wildman–Crippen MR) is 127 cm³/mol. The summed E-state index contributed by atoms with van der Waals surface area (Å²) >= 11 is 0. The third-order valence-electron chi connectivity index (χ3n) is 5.64. The van der Waals surface area contributed by atoms with Gasteiger partial charge in [0.2, 0.25) is 5.91 Å². The number of hydrogen-bond donors (Lipinski definition) is 1. The van der Waals surface area contributed by atoms with Gasteiger partial charge in [0.1, 0.15) is 5.75 Å². The van der Waals surface area contributed by atoms with Gasteiger partial charge in [-0.05, 0) is 62.9 Å². The van der Waals surface area contributed by atoms with Crippen LogP contribution in [-0.4, -0.2) is 51.4 Å². The third-order valence-corrected chi connectivity index (χ3v) is 7.65. The van der Waals surface area contributed by atoms with Gasteiger partial charge in [-0.15, -0.1) is 0 Å². The normalized spacial score (nSPS) is 17.0. The van der Waals surface area contributed by atoms with Crippen molar-refractivity contribution in [1.82, 2.24) is 9.62 Å². The molecule has 1 N–H and O–H groups in total. The molecule has 0 radical (unpaired) electrons. The largest absolute Gasteiger partial charge is 0.494 e. The van der Waals surface area contributed by atoms with Crippen LogP contribution in [0.2, 0.25) is 0 Å². The molecular weight excluding hydrogens is 426 g/mol. The Bertz CT molecular complexity index is 964. The van der Waals surface area contributed by atoms with Crippen LogP contribution in [0.25, 0.3) is 0 Å². The second-order valence-corrected chi connectivity index (χ2v) is 9.68. The van der Waals surface area contributed by atoms with Crippen LogP contribution >= 0.6 is 0 Å². The maximum Gasteiger partial charge on any atom is 0.304 e. The van der Waals surface area contributed by atoms with E-state index in [0.717, 1.165) is 11.3 Å².